The van der Waals surface area contributed by atoms with Crippen LogP contribution in [0, 0.1) is 0 Å². The molecule has 148 valence electrons. The number of fused-ring (bicyclic) bond motifs is 1. The maximum absolute atomic E-state index is 12.5. The zero-order valence-electron chi connectivity index (χ0n) is 16.7. The van der Waals surface area contributed by atoms with Gasteiger partial charge in [-0.25, -0.2) is 4.79 Å². The molecule has 0 unspecified atom stereocenters. The number of rotatable bonds is 6. The van der Waals surface area contributed by atoms with E-state index in [0.717, 1.165) is 34.7 Å². The molecule has 0 atom stereocenters. The molecule has 28 heavy (non-hydrogen) atoms. The second kappa shape index (κ2) is 8.78. The predicted molar refractivity (Wildman–Crippen MR) is 111 cm³/mol. The molecule has 1 aliphatic rings. The number of hydrogen-bond donors (Lipinski definition) is 1. The van der Waals surface area contributed by atoms with Gasteiger partial charge in [0.1, 0.15) is 5.75 Å². The third-order valence-corrected chi connectivity index (χ3v) is 4.99. The summed E-state index contributed by atoms with van der Waals surface area (Å²) in [4.78, 5) is 27.6. The minimum absolute atomic E-state index is 0.123. The molecule has 1 aliphatic heterocycles. The number of nitrogens with one attached hydrogen (secondary N) is 1. The fraction of sp³-hybridized carbons (Fsp3) is 0.364. The van der Waals surface area contributed by atoms with Gasteiger partial charge in [0.05, 0.1) is 6.61 Å². The number of likely N-dealkylation sites (N-methyl/N-ethyl adjacent to an activating group) is 1. The van der Waals surface area contributed by atoms with Crippen molar-refractivity contribution in [3.63, 3.8) is 0 Å². The molecule has 2 aromatic carbocycles. The maximum atomic E-state index is 12.5. The van der Waals surface area contributed by atoms with Gasteiger partial charge < -0.3 is 19.9 Å². The van der Waals surface area contributed by atoms with Crippen molar-refractivity contribution in [1.82, 2.24) is 4.90 Å². The Morgan fingerprint density at radius 3 is 2.64 bits per heavy atom. The molecular weight excluding hydrogens is 354 g/mol. The first-order chi connectivity index (χ1) is 13.5. The predicted octanol–water partition coefficient (Wildman–Crippen LogP) is 3.70. The second-order valence-electron chi connectivity index (χ2n) is 6.97. The molecule has 3 amide bonds. The molecule has 0 aliphatic carbocycles. The molecule has 6 nitrogen and oxygen atoms in total. The maximum Gasteiger partial charge on any atom is 0.321 e. The lowest BCUT2D eigenvalue weighted by Crippen LogP contribution is -2.33. The van der Waals surface area contributed by atoms with Crippen molar-refractivity contribution >= 4 is 23.3 Å². The summed E-state index contributed by atoms with van der Waals surface area (Å²) in [5.74, 6) is 0.982. The van der Waals surface area contributed by atoms with Crippen molar-refractivity contribution in [2.75, 3.05) is 37.5 Å². The van der Waals surface area contributed by atoms with Crippen LogP contribution in [0.25, 0.3) is 0 Å². The van der Waals surface area contributed by atoms with Gasteiger partial charge in [-0.2, -0.15) is 0 Å². The lowest BCUT2D eigenvalue weighted by atomic mass is 10.0. The lowest BCUT2D eigenvalue weighted by Gasteiger charge is -2.26. The van der Waals surface area contributed by atoms with Gasteiger partial charge in [-0.05, 0) is 61.2 Å². The zero-order valence-corrected chi connectivity index (χ0v) is 16.7. The number of carbonyl (C=O) groups excluding carboxylic acids is 2. The highest BCUT2D eigenvalue weighted by Gasteiger charge is 2.21. The SMILES string of the molecule is CCOc1ccc(CCN(C)C(=O)Nc2ccc3c(c2)CCC(=O)N3C)cc1. The van der Waals surface area contributed by atoms with Gasteiger partial charge in [0, 0.05) is 38.4 Å². The highest BCUT2D eigenvalue weighted by Crippen LogP contribution is 2.29. The molecular formula is C22H27N3O3. The number of benzene rings is 2. The number of ether oxygens (including phenoxy) is 1. The van der Waals surface area contributed by atoms with Crippen LogP contribution in [0.4, 0.5) is 16.2 Å². The Kier molecular flexibility index (Phi) is 6.19. The highest BCUT2D eigenvalue weighted by molar-refractivity contribution is 5.97. The smallest absolute Gasteiger partial charge is 0.321 e. The molecule has 6 heteroatoms. The number of aryl methyl sites for hydroxylation is 1. The minimum atomic E-state index is -0.147. The van der Waals surface area contributed by atoms with Crippen molar-refractivity contribution in [2.45, 2.75) is 26.2 Å². The van der Waals surface area contributed by atoms with Crippen LogP contribution in [0.5, 0.6) is 5.75 Å². The van der Waals surface area contributed by atoms with Crippen molar-refractivity contribution < 1.29 is 14.3 Å². The average molecular weight is 381 g/mol. The minimum Gasteiger partial charge on any atom is -0.494 e. The molecule has 2 aromatic rings. The molecule has 0 bridgehead atoms. The summed E-state index contributed by atoms with van der Waals surface area (Å²) in [6.07, 6.45) is 1.98. The van der Waals surface area contributed by atoms with E-state index in [2.05, 4.69) is 5.32 Å². The van der Waals surface area contributed by atoms with Gasteiger partial charge in [0.15, 0.2) is 0 Å². The molecule has 1 heterocycles. The summed E-state index contributed by atoms with van der Waals surface area (Å²) in [5, 5.41) is 2.94. The Bertz CT molecular complexity index is 849. The number of amides is 3. The summed E-state index contributed by atoms with van der Waals surface area (Å²) in [5.41, 5.74) is 3.90. The first kappa shape index (κ1) is 19.7. The van der Waals surface area contributed by atoms with E-state index in [1.165, 1.54) is 0 Å². The van der Waals surface area contributed by atoms with E-state index >= 15 is 0 Å². The van der Waals surface area contributed by atoms with E-state index in [9.17, 15) is 9.59 Å². The van der Waals surface area contributed by atoms with Crippen LogP contribution in [0.1, 0.15) is 24.5 Å². The van der Waals surface area contributed by atoms with Crippen LogP contribution in [0.15, 0.2) is 42.5 Å². The van der Waals surface area contributed by atoms with Crippen molar-refractivity contribution in [2.24, 2.45) is 0 Å². The number of hydrogen-bond acceptors (Lipinski definition) is 3. The van der Waals surface area contributed by atoms with Crippen LogP contribution in [-0.4, -0.2) is 44.1 Å². The molecule has 0 radical (unpaired) electrons. The van der Waals surface area contributed by atoms with E-state index in [4.69, 9.17) is 4.74 Å². The summed E-state index contributed by atoms with van der Waals surface area (Å²) in [6.45, 7) is 3.22. The van der Waals surface area contributed by atoms with E-state index in [1.807, 2.05) is 49.4 Å². The fourth-order valence-electron chi connectivity index (χ4n) is 3.27. The molecule has 0 fully saturated rings. The topological polar surface area (TPSA) is 61.9 Å². The van der Waals surface area contributed by atoms with Crippen LogP contribution in [0.2, 0.25) is 0 Å². The van der Waals surface area contributed by atoms with Crippen LogP contribution in [-0.2, 0) is 17.6 Å². The monoisotopic (exact) mass is 381 g/mol. The molecule has 1 N–H and O–H groups in total. The van der Waals surface area contributed by atoms with Crippen molar-refractivity contribution in [3.05, 3.63) is 53.6 Å². The summed E-state index contributed by atoms with van der Waals surface area (Å²) in [6, 6.07) is 13.5. The number of nitrogens with zero attached hydrogens (tertiary/aromatic N) is 2. The Morgan fingerprint density at radius 2 is 1.93 bits per heavy atom. The lowest BCUT2D eigenvalue weighted by molar-refractivity contribution is -0.118. The van der Waals surface area contributed by atoms with Gasteiger partial charge in [0.2, 0.25) is 5.91 Å². The molecule has 3 rings (SSSR count). The first-order valence-corrected chi connectivity index (χ1v) is 9.61. The van der Waals surface area contributed by atoms with Gasteiger partial charge >= 0.3 is 6.03 Å². The molecule has 0 saturated heterocycles. The van der Waals surface area contributed by atoms with Crippen molar-refractivity contribution in [3.8, 4) is 5.75 Å². The third kappa shape index (κ3) is 4.63. The normalized spacial score (nSPS) is 13.1. The quantitative estimate of drug-likeness (QED) is 0.830. The highest BCUT2D eigenvalue weighted by atomic mass is 16.5. The van der Waals surface area contributed by atoms with Gasteiger partial charge in [0.25, 0.3) is 0 Å². The summed E-state index contributed by atoms with van der Waals surface area (Å²) < 4.78 is 5.45. The van der Waals surface area contributed by atoms with E-state index < -0.39 is 0 Å². The standard InChI is InChI=1S/C22H27N3O3/c1-4-28-19-9-5-16(6-10-19)13-14-24(2)22(27)23-18-8-11-20-17(15-18)7-12-21(26)25(20)3/h5-6,8-11,15H,4,7,12-14H2,1-3H3,(H,23,27). The van der Waals surface area contributed by atoms with Gasteiger partial charge in [-0.15, -0.1) is 0 Å². The number of urea groups is 1. The van der Waals surface area contributed by atoms with Crippen molar-refractivity contribution in [1.29, 1.82) is 0 Å². The first-order valence-electron chi connectivity index (χ1n) is 9.61. The van der Waals surface area contributed by atoms with Crippen LogP contribution < -0.4 is 15.0 Å². The summed E-state index contributed by atoms with van der Waals surface area (Å²) in [7, 11) is 3.57. The largest absolute Gasteiger partial charge is 0.494 e. The number of anilines is 2. The molecule has 0 aromatic heterocycles. The molecule has 0 spiro atoms. The summed E-state index contributed by atoms with van der Waals surface area (Å²) >= 11 is 0. The Labute approximate surface area is 166 Å². The average Bonchev–Trinajstić information content (AvgIpc) is 2.70. The third-order valence-electron chi connectivity index (χ3n) is 4.99. The van der Waals surface area contributed by atoms with E-state index in [-0.39, 0.29) is 11.9 Å². The Hall–Kier alpha value is -3.02. The van der Waals surface area contributed by atoms with Gasteiger partial charge in [-0.3, -0.25) is 4.79 Å². The van der Waals surface area contributed by atoms with Gasteiger partial charge in [-0.1, -0.05) is 12.1 Å². The fourth-order valence-corrected chi connectivity index (χ4v) is 3.27. The number of carbonyl (C=O) groups is 2. The zero-order chi connectivity index (χ0) is 20.1. The van der Waals surface area contributed by atoms with E-state index in [1.54, 1.807) is 23.9 Å². The van der Waals surface area contributed by atoms with Crippen LogP contribution in [0.3, 0.4) is 0 Å². The van der Waals surface area contributed by atoms with Crippen LogP contribution >= 0.6 is 0 Å². The molecule has 0 saturated carbocycles. The Balaban J connectivity index is 1.55. The second-order valence-corrected chi connectivity index (χ2v) is 6.97. The van der Waals surface area contributed by atoms with E-state index in [0.29, 0.717) is 26.0 Å². The Morgan fingerprint density at radius 1 is 1.18 bits per heavy atom.